The topological polar surface area (TPSA) is 18.5 Å². The van der Waals surface area contributed by atoms with Crippen LogP contribution in [-0.2, 0) is 21.1 Å². The average Bonchev–Trinajstić information content (AvgIpc) is 2.28. The van der Waals surface area contributed by atoms with Crippen molar-refractivity contribution < 1.29 is 22.0 Å². The molecule has 0 N–H and O–H groups in total. The van der Waals surface area contributed by atoms with E-state index in [1.165, 1.54) is 12.1 Å². The van der Waals surface area contributed by atoms with Gasteiger partial charge in [-0.1, -0.05) is 12.1 Å². The van der Waals surface area contributed by atoms with Crippen molar-refractivity contribution in [2.45, 2.75) is 18.8 Å². The van der Waals surface area contributed by atoms with Crippen LogP contribution >= 0.6 is 0 Å². The third-order valence-corrected chi connectivity index (χ3v) is 5.45. The maximum absolute atomic E-state index is 12.3. The van der Waals surface area contributed by atoms with Crippen LogP contribution in [0.3, 0.4) is 0 Å². The summed E-state index contributed by atoms with van der Waals surface area (Å²) >= 11 is 0. The van der Waals surface area contributed by atoms with Gasteiger partial charge in [0.25, 0.3) is 0 Å². The number of rotatable bonds is 4. The van der Waals surface area contributed by atoms with E-state index < -0.39 is 20.3 Å². The normalized spacial score (nSPS) is 12.8. The zero-order valence-electron chi connectivity index (χ0n) is 9.97. The Balaban J connectivity index is 2.82. The van der Waals surface area contributed by atoms with Crippen molar-refractivity contribution in [3.8, 4) is 0 Å². The molecule has 0 fully saturated rings. The number of halogens is 3. The SMILES string of the molecule is CO[Si](C)(Cc1ccc(C(F)(F)F)cc1)OC. The molecule has 0 atom stereocenters. The highest BCUT2D eigenvalue weighted by Crippen LogP contribution is 2.29. The number of hydrogen-bond acceptors (Lipinski definition) is 2. The van der Waals surface area contributed by atoms with Gasteiger partial charge in [-0.05, 0) is 24.2 Å². The number of benzene rings is 1. The monoisotopic (exact) mass is 264 g/mol. The molecule has 0 spiro atoms. The minimum absolute atomic E-state index is 0.526. The molecule has 0 aliphatic rings. The molecule has 1 rings (SSSR count). The Kier molecular flexibility index (Phi) is 4.35. The fourth-order valence-corrected chi connectivity index (χ4v) is 2.84. The van der Waals surface area contributed by atoms with Crippen LogP contribution in [0.15, 0.2) is 24.3 Å². The Morgan fingerprint density at radius 1 is 1.06 bits per heavy atom. The maximum atomic E-state index is 12.3. The van der Waals surface area contributed by atoms with Crippen LogP contribution in [0.5, 0.6) is 0 Å². The van der Waals surface area contributed by atoms with Crippen molar-refractivity contribution in [2.75, 3.05) is 14.2 Å². The lowest BCUT2D eigenvalue weighted by atomic mass is 10.1. The van der Waals surface area contributed by atoms with Gasteiger partial charge in [0.2, 0.25) is 0 Å². The van der Waals surface area contributed by atoms with Crippen LogP contribution in [0.4, 0.5) is 13.2 Å². The lowest BCUT2D eigenvalue weighted by Crippen LogP contribution is -2.39. The van der Waals surface area contributed by atoms with Crippen molar-refractivity contribution in [2.24, 2.45) is 0 Å². The first-order valence-electron chi connectivity index (χ1n) is 5.07. The Labute approximate surface area is 99.6 Å². The summed E-state index contributed by atoms with van der Waals surface area (Å²) < 4.78 is 47.6. The molecule has 0 unspecified atom stereocenters. The van der Waals surface area contributed by atoms with Crippen molar-refractivity contribution in [3.05, 3.63) is 35.4 Å². The van der Waals surface area contributed by atoms with Gasteiger partial charge >= 0.3 is 14.7 Å². The Morgan fingerprint density at radius 2 is 1.53 bits per heavy atom. The summed E-state index contributed by atoms with van der Waals surface area (Å²) in [5, 5.41) is 0. The molecule has 1 aromatic rings. The summed E-state index contributed by atoms with van der Waals surface area (Å²) in [5.41, 5.74) is 0.148. The van der Waals surface area contributed by atoms with Crippen LogP contribution in [-0.4, -0.2) is 22.8 Å². The average molecular weight is 264 g/mol. The molecule has 96 valence electrons. The first-order valence-corrected chi connectivity index (χ1v) is 7.59. The van der Waals surface area contributed by atoms with Gasteiger partial charge in [0.05, 0.1) is 5.56 Å². The van der Waals surface area contributed by atoms with Gasteiger partial charge in [0.15, 0.2) is 0 Å². The van der Waals surface area contributed by atoms with Gasteiger partial charge in [0, 0.05) is 20.3 Å². The second-order valence-electron chi connectivity index (χ2n) is 3.91. The minimum Gasteiger partial charge on any atom is -0.398 e. The zero-order chi connectivity index (χ0) is 13.1. The van der Waals surface area contributed by atoms with Crippen LogP contribution in [0, 0.1) is 0 Å². The molecule has 0 bridgehead atoms. The molecular weight excluding hydrogens is 249 g/mol. The third-order valence-electron chi connectivity index (χ3n) is 2.67. The second kappa shape index (κ2) is 5.20. The van der Waals surface area contributed by atoms with E-state index >= 15 is 0 Å². The predicted molar refractivity (Wildman–Crippen MR) is 60.8 cm³/mol. The summed E-state index contributed by atoms with van der Waals surface area (Å²) in [7, 11) is 0.828. The summed E-state index contributed by atoms with van der Waals surface area (Å²) in [5.74, 6) is 0. The minimum atomic E-state index is -4.29. The molecule has 0 saturated heterocycles. The van der Waals surface area contributed by atoms with E-state index in [2.05, 4.69) is 0 Å². The summed E-state index contributed by atoms with van der Waals surface area (Å²) in [6.07, 6.45) is -4.29. The predicted octanol–water partition coefficient (Wildman–Crippen LogP) is 3.15. The Bertz CT molecular complexity index is 358. The van der Waals surface area contributed by atoms with E-state index in [1.54, 1.807) is 14.2 Å². The van der Waals surface area contributed by atoms with Gasteiger partial charge in [-0.2, -0.15) is 13.2 Å². The Morgan fingerprint density at radius 3 is 1.88 bits per heavy atom. The molecule has 0 aliphatic carbocycles. The third kappa shape index (κ3) is 3.83. The molecule has 0 radical (unpaired) electrons. The number of hydrogen-bond donors (Lipinski definition) is 0. The molecule has 0 heterocycles. The first kappa shape index (κ1) is 14.2. The quantitative estimate of drug-likeness (QED) is 0.778. The van der Waals surface area contributed by atoms with E-state index in [9.17, 15) is 13.2 Å². The fraction of sp³-hybridized carbons (Fsp3) is 0.455. The molecule has 6 heteroatoms. The van der Waals surface area contributed by atoms with Crippen molar-refractivity contribution in [1.29, 1.82) is 0 Å². The first-order chi connectivity index (χ1) is 7.80. The van der Waals surface area contributed by atoms with E-state index in [0.717, 1.165) is 17.7 Å². The van der Waals surface area contributed by atoms with Crippen LogP contribution in [0.1, 0.15) is 11.1 Å². The van der Waals surface area contributed by atoms with Crippen LogP contribution < -0.4 is 0 Å². The molecule has 0 aromatic heterocycles. The van der Waals surface area contributed by atoms with E-state index in [4.69, 9.17) is 8.85 Å². The van der Waals surface area contributed by atoms with Crippen LogP contribution in [0.2, 0.25) is 6.55 Å². The van der Waals surface area contributed by atoms with Crippen LogP contribution in [0.25, 0.3) is 0 Å². The van der Waals surface area contributed by atoms with Gasteiger partial charge in [-0.25, -0.2) is 0 Å². The number of alkyl halides is 3. The summed E-state index contributed by atoms with van der Waals surface area (Å²) in [4.78, 5) is 0. The molecule has 2 nitrogen and oxygen atoms in total. The van der Waals surface area contributed by atoms with Crippen molar-refractivity contribution in [3.63, 3.8) is 0 Å². The highest BCUT2D eigenvalue weighted by atomic mass is 28.4. The molecule has 1 aromatic carbocycles. The highest BCUT2D eigenvalue weighted by Gasteiger charge is 2.32. The summed E-state index contributed by atoms with van der Waals surface area (Å²) in [6, 6.07) is 5.61. The second-order valence-corrected chi connectivity index (χ2v) is 7.35. The van der Waals surface area contributed by atoms with E-state index in [-0.39, 0.29) is 0 Å². The lowest BCUT2D eigenvalue weighted by Gasteiger charge is -2.22. The van der Waals surface area contributed by atoms with Crippen molar-refractivity contribution in [1.82, 2.24) is 0 Å². The van der Waals surface area contributed by atoms with E-state index in [0.29, 0.717) is 6.04 Å². The van der Waals surface area contributed by atoms with Gasteiger partial charge in [-0.15, -0.1) is 0 Å². The van der Waals surface area contributed by atoms with Gasteiger partial charge in [0.1, 0.15) is 0 Å². The summed E-state index contributed by atoms with van der Waals surface area (Å²) in [6.45, 7) is 1.87. The van der Waals surface area contributed by atoms with Crippen molar-refractivity contribution >= 4 is 8.56 Å². The standard InChI is InChI=1S/C11H15F3O2Si/c1-15-17(3,16-2)8-9-4-6-10(7-5-9)11(12,13)14/h4-7H,8H2,1-3H3. The maximum Gasteiger partial charge on any atom is 0.416 e. The molecule has 0 saturated carbocycles. The smallest absolute Gasteiger partial charge is 0.398 e. The molecule has 17 heavy (non-hydrogen) atoms. The molecular formula is C11H15F3O2Si. The highest BCUT2D eigenvalue weighted by molar-refractivity contribution is 6.65. The zero-order valence-corrected chi connectivity index (χ0v) is 11.0. The lowest BCUT2D eigenvalue weighted by molar-refractivity contribution is -0.137. The largest absolute Gasteiger partial charge is 0.416 e. The van der Waals surface area contributed by atoms with E-state index in [1.807, 2.05) is 6.55 Å². The molecule has 0 amide bonds. The molecule has 0 aliphatic heterocycles. The fourth-order valence-electron chi connectivity index (χ4n) is 1.41. The van der Waals surface area contributed by atoms with Gasteiger partial charge in [-0.3, -0.25) is 0 Å². The van der Waals surface area contributed by atoms with Gasteiger partial charge < -0.3 is 8.85 Å². The Hall–Kier alpha value is -0.853.